The van der Waals surface area contributed by atoms with Crippen molar-refractivity contribution in [3.8, 4) is 17.5 Å². The van der Waals surface area contributed by atoms with Crippen LogP contribution in [-0.4, -0.2) is 9.55 Å². The number of benzene rings is 1. The number of aryl methyl sites for hydroxylation is 1. The van der Waals surface area contributed by atoms with Crippen LogP contribution in [-0.2, 0) is 6.54 Å². The van der Waals surface area contributed by atoms with Crippen molar-refractivity contribution in [2.75, 3.05) is 0 Å². The van der Waals surface area contributed by atoms with Gasteiger partial charge in [-0.2, -0.15) is 5.26 Å². The van der Waals surface area contributed by atoms with Gasteiger partial charge >= 0.3 is 0 Å². The quantitative estimate of drug-likeness (QED) is 0.807. The van der Waals surface area contributed by atoms with Gasteiger partial charge < -0.3 is 4.57 Å². The van der Waals surface area contributed by atoms with Crippen molar-refractivity contribution in [1.29, 1.82) is 5.26 Å². The molecular formula is C14H14BrN3. The summed E-state index contributed by atoms with van der Waals surface area (Å²) in [5.74, 6) is 0.850. The number of hydrogen-bond donors (Lipinski definition) is 0. The zero-order chi connectivity index (χ0) is 13.1. The standard InChI is InChI=1S/C14H14BrN3/c1-3-18-9-13(8-16)17-14(18)12-6-4-11(5-7-12)10(2)15/h4-7,9-10H,3H2,1-2H3. The van der Waals surface area contributed by atoms with Crippen LogP contribution in [0.25, 0.3) is 11.4 Å². The molecule has 0 spiro atoms. The van der Waals surface area contributed by atoms with Gasteiger partial charge in [0.25, 0.3) is 0 Å². The second kappa shape index (κ2) is 5.36. The molecule has 0 radical (unpaired) electrons. The van der Waals surface area contributed by atoms with Crippen molar-refractivity contribution < 1.29 is 0 Å². The van der Waals surface area contributed by atoms with Crippen LogP contribution in [0.3, 0.4) is 0 Å². The lowest BCUT2D eigenvalue weighted by Crippen LogP contribution is -1.96. The van der Waals surface area contributed by atoms with E-state index in [0.29, 0.717) is 10.5 Å². The van der Waals surface area contributed by atoms with Gasteiger partial charge in [-0.15, -0.1) is 0 Å². The molecule has 0 saturated carbocycles. The average molecular weight is 304 g/mol. The van der Waals surface area contributed by atoms with Gasteiger partial charge in [-0.3, -0.25) is 0 Å². The van der Waals surface area contributed by atoms with Crippen molar-refractivity contribution in [1.82, 2.24) is 9.55 Å². The molecule has 18 heavy (non-hydrogen) atoms. The fourth-order valence-electron chi connectivity index (χ4n) is 1.84. The number of rotatable bonds is 3. The molecule has 1 atom stereocenters. The monoisotopic (exact) mass is 303 g/mol. The van der Waals surface area contributed by atoms with Crippen LogP contribution in [0.2, 0.25) is 0 Å². The summed E-state index contributed by atoms with van der Waals surface area (Å²) in [6.45, 7) is 4.94. The minimum Gasteiger partial charge on any atom is -0.330 e. The van der Waals surface area contributed by atoms with Crippen LogP contribution < -0.4 is 0 Å². The Hall–Kier alpha value is -1.60. The van der Waals surface area contributed by atoms with Gasteiger partial charge in [-0.1, -0.05) is 40.2 Å². The summed E-state index contributed by atoms with van der Waals surface area (Å²) in [6, 6.07) is 10.3. The molecule has 0 aliphatic rings. The van der Waals surface area contributed by atoms with E-state index in [9.17, 15) is 0 Å². The molecular weight excluding hydrogens is 290 g/mol. The molecule has 2 aromatic rings. The minimum absolute atomic E-state index is 0.340. The average Bonchev–Trinajstić information content (AvgIpc) is 2.82. The number of nitriles is 1. The van der Waals surface area contributed by atoms with Gasteiger partial charge in [-0.25, -0.2) is 4.98 Å². The zero-order valence-electron chi connectivity index (χ0n) is 10.4. The van der Waals surface area contributed by atoms with Crippen molar-refractivity contribution >= 4 is 15.9 Å². The van der Waals surface area contributed by atoms with Gasteiger partial charge in [-0.05, 0) is 19.4 Å². The van der Waals surface area contributed by atoms with Gasteiger partial charge in [0, 0.05) is 23.1 Å². The maximum atomic E-state index is 8.90. The van der Waals surface area contributed by atoms with Crippen molar-refractivity contribution in [2.45, 2.75) is 25.2 Å². The molecule has 1 unspecified atom stereocenters. The summed E-state index contributed by atoms with van der Waals surface area (Å²) in [5, 5.41) is 8.90. The number of alkyl halides is 1. The summed E-state index contributed by atoms with van der Waals surface area (Å²) in [7, 11) is 0. The topological polar surface area (TPSA) is 41.6 Å². The molecule has 0 saturated heterocycles. The maximum absolute atomic E-state index is 8.90. The first-order valence-electron chi connectivity index (χ1n) is 5.87. The first kappa shape index (κ1) is 12.8. The highest BCUT2D eigenvalue weighted by Crippen LogP contribution is 2.25. The number of nitrogens with zero attached hydrogens (tertiary/aromatic N) is 3. The van der Waals surface area contributed by atoms with Crippen LogP contribution in [0, 0.1) is 11.3 Å². The minimum atomic E-state index is 0.340. The molecule has 0 N–H and O–H groups in total. The molecule has 0 amide bonds. The van der Waals surface area contributed by atoms with Crippen LogP contribution in [0.4, 0.5) is 0 Å². The SMILES string of the molecule is CCn1cc(C#N)nc1-c1ccc(C(C)Br)cc1. The third kappa shape index (κ3) is 2.46. The molecule has 1 heterocycles. The third-order valence-corrected chi connectivity index (χ3v) is 3.39. The maximum Gasteiger partial charge on any atom is 0.159 e. The molecule has 92 valence electrons. The molecule has 0 aliphatic carbocycles. The highest BCUT2D eigenvalue weighted by Gasteiger charge is 2.09. The largest absolute Gasteiger partial charge is 0.330 e. The van der Waals surface area contributed by atoms with Gasteiger partial charge in [0.1, 0.15) is 11.9 Å². The molecule has 1 aromatic heterocycles. The molecule has 1 aromatic carbocycles. The predicted molar refractivity (Wildman–Crippen MR) is 75.4 cm³/mol. The molecule has 3 nitrogen and oxygen atoms in total. The number of imidazole rings is 1. The lowest BCUT2D eigenvalue weighted by atomic mass is 10.1. The van der Waals surface area contributed by atoms with Crippen molar-refractivity contribution in [3.05, 3.63) is 41.7 Å². The molecule has 0 bridgehead atoms. The molecule has 2 rings (SSSR count). The van der Waals surface area contributed by atoms with E-state index in [0.717, 1.165) is 17.9 Å². The number of halogens is 1. The van der Waals surface area contributed by atoms with Gasteiger partial charge in [0.2, 0.25) is 0 Å². The lowest BCUT2D eigenvalue weighted by molar-refractivity contribution is 0.770. The summed E-state index contributed by atoms with van der Waals surface area (Å²) in [5.41, 5.74) is 2.73. The third-order valence-electron chi connectivity index (χ3n) is 2.86. The second-order valence-corrected chi connectivity index (χ2v) is 5.46. The second-order valence-electron chi connectivity index (χ2n) is 4.09. The van der Waals surface area contributed by atoms with Crippen molar-refractivity contribution in [3.63, 3.8) is 0 Å². The van der Waals surface area contributed by atoms with E-state index in [4.69, 9.17) is 5.26 Å². The van der Waals surface area contributed by atoms with E-state index in [2.05, 4.69) is 46.0 Å². The highest BCUT2D eigenvalue weighted by molar-refractivity contribution is 9.09. The smallest absolute Gasteiger partial charge is 0.159 e. The Balaban J connectivity index is 2.42. The first-order chi connectivity index (χ1) is 8.65. The van der Waals surface area contributed by atoms with Crippen LogP contribution in [0.1, 0.15) is 29.9 Å². The fraction of sp³-hybridized carbons (Fsp3) is 0.286. The molecule has 4 heteroatoms. The summed E-state index contributed by atoms with van der Waals surface area (Å²) >= 11 is 3.54. The van der Waals surface area contributed by atoms with E-state index < -0.39 is 0 Å². The van der Waals surface area contributed by atoms with Gasteiger partial charge in [0.05, 0.1) is 0 Å². The van der Waals surface area contributed by atoms with Crippen LogP contribution in [0.5, 0.6) is 0 Å². The van der Waals surface area contributed by atoms with Crippen LogP contribution in [0.15, 0.2) is 30.5 Å². The Morgan fingerprint density at radius 3 is 2.56 bits per heavy atom. The Morgan fingerprint density at radius 2 is 2.06 bits per heavy atom. The Bertz CT molecular complexity index is 576. The Kier molecular flexibility index (Phi) is 3.83. The molecule has 0 fully saturated rings. The van der Waals surface area contributed by atoms with E-state index in [1.165, 1.54) is 5.56 Å². The van der Waals surface area contributed by atoms with E-state index >= 15 is 0 Å². The first-order valence-corrected chi connectivity index (χ1v) is 6.79. The van der Waals surface area contributed by atoms with E-state index in [-0.39, 0.29) is 0 Å². The predicted octanol–water partition coefficient (Wildman–Crippen LogP) is 3.90. The fourth-order valence-corrected chi connectivity index (χ4v) is 2.14. The summed E-state index contributed by atoms with van der Waals surface area (Å²) in [6.07, 6.45) is 1.79. The lowest BCUT2D eigenvalue weighted by Gasteiger charge is -2.07. The Morgan fingerprint density at radius 1 is 1.39 bits per heavy atom. The van der Waals surface area contributed by atoms with E-state index in [1.807, 2.05) is 23.6 Å². The van der Waals surface area contributed by atoms with Gasteiger partial charge in [0.15, 0.2) is 5.69 Å². The Labute approximate surface area is 115 Å². The number of hydrogen-bond acceptors (Lipinski definition) is 2. The zero-order valence-corrected chi connectivity index (χ0v) is 12.0. The number of aromatic nitrogens is 2. The molecule has 0 aliphatic heterocycles. The summed E-state index contributed by atoms with van der Waals surface area (Å²) < 4.78 is 1.99. The summed E-state index contributed by atoms with van der Waals surface area (Å²) in [4.78, 5) is 4.67. The van der Waals surface area contributed by atoms with Crippen LogP contribution >= 0.6 is 15.9 Å². The highest BCUT2D eigenvalue weighted by atomic mass is 79.9. The van der Waals surface area contributed by atoms with E-state index in [1.54, 1.807) is 6.20 Å². The van der Waals surface area contributed by atoms with Crippen molar-refractivity contribution in [2.24, 2.45) is 0 Å². The normalized spacial score (nSPS) is 12.1.